The van der Waals surface area contributed by atoms with Gasteiger partial charge in [0, 0.05) is 18.7 Å². The molecular formula is C15H22N2O2S. The van der Waals surface area contributed by atoms with E-state index in [9.17, 15) is 0 Å². The lowest BCUT2D eigenvalue weighted by molar-refractivity contribution is 0.119. The summed E-state index contributed by atoms with van der Waals surface area (Å²) >= 11 is 4.91. The Kier molecular flexibility index (Phi) is 5.76. The van der Waals surface area contributed by atoms with Crippen LogP contribution in [0, 0.1) is 5.92 Å². The number of hydrogen-bond donors (Lipinski definition) is 2. The van der Waals surface area contributed by atoms with E-state index in [1.807, 2.05) is 24.3 Å². The van der Waals surface area contributed by atoms with Crippen LogP contribution in [-0.2, 0) is 0 Å². The maximum Gasteiger partial charge on any atom is 0.119 e. The molecule has 0 spiro atoms. The van der Waals surface area contributed by atoms with Gasteiger partial charge in [-0.3, -0.25) is 4.90 Å². The van der Waals surface area contributed by atoms with Crippen molar-refractivity contribution in [2.45, 2.75) is 12.8 Å². The number of nitrogens with two attached hydrogens (primary N) is 1. The zero-order chi connectivity index (χ0) is 14.4. The van der Waals surface area contributed by atoms with Gasteiger partial charge in [0.1, 0.15) is 17.3 Å². The number of nitrogens with zero attached hydrogens (tertiary/aromatic N) is 1. The molecule has 1 fully saturated rings. The molecular weight excluding hydrogens is 272 g/mol. The SMILES string of the molecule is NC(=S)c1ccc(OCCN2CCC(CO)CC2)cc1. The van der Waals surface area contributed by atoms with Crippen molar-refractivity contribution < 1.29 is 9.84 Å². The number of aliphatic hydroxyl groups excluding tert-OH is 1. The number of aliphatic hydroxyl groups is 1. The van der Waals surface area contributed by atoms with Crippen LogP contribution < -0.4 is 10.5 Å². The molecule has 4 nitrogen and oxygen atoms in total. The van der Waals surface area contributed by atoms with Crippen LogP contribution in [0.4, 0.5) is 0 Å². The Morgan fingerprint density at radius 3 is 2.50 bits per heavy atom. The molecule has 1 heterocycles. The summed E-state index contributed by atoms with van der Waals surface area (Å²) in [6.45, 7) is 4.02. The molecule has 20 heavy (non-hydrogen) atoms. The van der Waals surface area contributed by atoms with Gasteiger partial charge in [-0.15, -0.1) is 0 Å². The lowest BCUT2D eigenvalue weighted by Crippen LogP contribution is -2.37. The molecule has 0 amide bonds. The van der Waals surface area contributed by atoms with Gasteiger partial charge in [0.05, 0.1) is 0 Å². The molecule has 0 aromatic heterocycles. The molecule has 0 bridgehead atoms. The highest BCUT2D eigenvalue weighted by Crippen LogP contribution is 2.16. The van der Waals surface area contributed by atoms with Crippen molar-refractivity contribution in [2.24, 2.45) is 11.7 Å². The molecule has 1 aromatic rings. The normalized spacial score (nSPS) is 17.1. The predicted molar refractivity (Wildman–Crippen MR) is 84.1 cm³/mol. The molecule has 1 saturated heterocycles. The molecule has 0 aliphatic carbocycles. The lowest BCUT2D eigenvalue weighted by Gasteiger charge is -2.30. The summed E-state index contributed by atoms with van der Waals surface area (Å²) < 4.78 is 5.72. The van der Waals surface area contributed by atoms with Crippen LogP contribution in [0.3, 0.4) is 0 Å². The first-order valence-corrected chi connectivity index (χ1v) is 7.45. The van der Waals surface area contributed by atoms with E-state index in [0.717, 1.165) is 43.8 Å². The summed E-state index contributed by atoms with van der Waals surface area (Å²) in [6, 6.07) is 7.55. The summed E-state index contributed by atoms with van der Waals surface area (Å²) in [5, 5.41) is 9.10. The standard InChI is InChI=1S/C15H22N2O2S/c16-15(20)13-1-3-14(4-2-13)19-10-9-17-7-5-12(11-18)6-8-17/h1-4,12,18H,5-11H2,(H2,16,20). The van der Waals surface area contributed by atoms with E-state index in [-0.39, 0.29) is 0 Å². The predicted octanol–water partition coefficient (Wildman–Crippen LogP) is 1.40. The minimum Gasteiger partial charge on any atom is -0.492 e. The van der Waals surface area contributed by atoms with Crippen LogP contribution in [0.15, 0.2) is 24.3 Å². The van der Waals surface area contributed by atoms with Crippen LogP contribution in [-0.4, -0.2) is 47.8 Å². The summed E-state index contributed by atoms with van der Waals surface area (Å²) in [7, 11) is 0. The molecule has 5 heteroatoms. The zero-order valence-corrected chi connectivity index (χ0v) is 12.4. The first kappa shape index (κ1) is 15.2. The first-order valence-electron chi connectivity index (χ1n) is 7.05. The van der Waals surface area contributed by atoms with Crippen LogP contribution in [0.5, 0.6) is 5.75 Å². The fourth-order valence-corrected chi connectivity index (χ4v) is 2.54. The van der Waals surface area contributed by atoms with Gasteiger partial charge in [-0.1, -0.05) is 12.2 Å². The van der Waals surface area contributed by atoms with E-state index in [1.165, 1.54) is 0 Å². The molecule has 110 valence electrons. The van der Waals surface area contributed by atoms with E-state index >= 15 is 0 Å². The van der Waals surface area contributed by atoms with Crippen LogP contribution in [0.2, 0.25) is 0 Å². The number of thiocarbonyl (C=S) groups is 1. The minimum atomic E-state index is 0.319. The third kappa shape index (κ3) is 4.44. The highest BCUT2D eigenvalue weighted by Gasteiger charge is 2.17. The smallest absolute Gasteiger partial charge is 0.119 e. The van der Waals surface area contributed by atoms with Crippen molar-refractivity contribution in [1.82, 2.24) is 4.90 Å². The molecule has 0 radical (unpaired) electrons. The fraction of sp³-hybridized carbons (Fsp3) is 0.533. The third-order valence-corrected chi connectivity index (χ3v) is 4.02. The highest BCUT2D eigenvalue weighted by molar-refractivity contribution is 7.80. The van der Waals surface area contributed by atoms with Gasteiger partial charge in [0.25, 0.3) is 0 Å². The maximum atomic E-state index is 9.10. The second-order valence-corrected chi connectivity index (χ2v) is 5.64. The summed E-state index contributed by atoms with van der Waals surface area (Å²) in [4.78, 5) is 2.79. The number of hydrogen-bond acceptors (Lipinski definition) is 4. The number of benzene rings is 1. The Labute approximate surface area is 125 Å². The Bertz CT molecular complexity index is 428. The second kappa shape index (κ2) is 7.57. The Morgan fingerprint density at radius 2 is 1.95 bits per heavy atom. The van der Waals surface area contributed by atoms with Gasteiger partial charge in [-0.25, -0.2) is 0 Å². The van der Waals surface area contributed by atoms with Crippen molar-refractivity contribution in [3.8, 4) is 5.75 Å². The maximum absolute atomic E-state index is 9.10. The van der Waals surface area contributed by atoms with Crippen molar-refractivity contribution in [1.29, 1.82) is 0 Å². The number of piperidine rings is 1. The first-order chi connectivity index (χ1) is 9.69. The molecule has 0 saturated carbocycles. The van der Waals surface area contributed by atoms with Gasteiger partial charge in [0.2, 0.25) is 0 Å². The average molecular weight is 294 g/mol. The number of likely N-dealkylation sites (tertiary alicyclic amines) is 1. The Hall–Kier alpha value is -1.17. The highest BCUT2D eigenvalue weighted by atomic mass is 32.1. The molecule has 1 aliphatic heterocycles. The molecule has 3 N–H and O–H groups in total. The van der Waals surface area contributed by atoms with Gasteiger partial charge < -0.3 is 15.6 Å². The van der Waals surface area contributed by atoms with Gasteiger partial charge in [-0.05, 0) is 56.1 Å². The molecule has 0 unspecified atom stereocenters. The lowest BCUT2D eigenvalue weighted by atomic mass is 9.98. The van der Waals surface area contributed by atoms with Crippen molar-refractivity contribution in [3.63, 3.8) is 0 Å². The van der Waals surface area contributed by atoms with Gasteiger partial charge in [-0.2, -0.15) is 0 Å². The largest absolute Gasteiger partial charge is 0.492 e. The van der Waals surface area contributed by atoms with E-state index < -0.39 is 0 Å². The van der Waals surface area contributed by atoms with Gasteiger partial charge >= 0.3 is 0 Å². The van der Waals surface area contributed by atoms with Crippen molar-refractivity contribution in [3.05, 3.63) is 29.8 Å². The quantitative estimate of drug-likeness (QED) is 0.777. The monoisotopic (exact) mass is 294 g/mol. The number of ether oxygens (including phenoxy) is 1. The zero-order valence-electron chi connectivity index (χ0n) is 11.6. The summed E-state index contributed by atoms with van der Waals surface area (Å²) in [5.41, 5.74) is 6.41. The summed E-state index contributed by atoms with van der Waals surface area (Å²) in [6.07, 6.45) is 2.16. The molecule has 0 atom stereocenters. The van der Waals surface area contributed by atoms with E-state index in [4.69, 9.17) is 27.8 Å². The van der Waals surface area contributed by atoms with Crippen molar-refractivity contribution >= 4 is 17.2 Å². The summed E-state index contributed by atoms with van der Waals surface area (Å²) in [5.74, 6) is 1.33. The molecule has 1 aliphatic rings. The van der Waals surface area contributed by atoms with E-state index in [2.05, 4.69) is 4.90 Å². The Balaban J connectivity index is 1.69. The fourth-order valence-electron chi connectivity index (χ4n) is 2.40. The van der Waals surface area contributed by atoms with Gasteiger partial charge in [0.15, 0.2) is 0 Å². The van der Waals surface area contributed by atoms with Crippen LogP contribution >= 0.6 is 12.2 Å². The number of rotatable bonds is 6. The van der Waals surface area contributed by atoms with Crippen molar-refractivity contribution in [2.75, 3.05) is 32.8 Å². The Morgan fingerprint density at radius 1 is 1.30 bits per heavy atom. The van der Waals surface area contributed by atoms with Crippen LogP contribution in [0.25, 0.3) is 0 Å². The van der Waals surface area contributed by atoms with E-state index in [0.29, 0.717) is 24.1 Å². The minimum absolute atomic E-state index is 0.319. The molecule has 2 rings (SSSR count). The van der Waals surface area contributed by atoms with E-state index in [1.54, 1.807) is 0 Å². The average Bonchev–Trinajstić information content (AvgIpc) is 2.48. The topological polar surface area (TPSA) is 58.7 Å². The third-order valence-electron chi connectivity index (χ3n) is 3.78. The second-order valence-electron chi connectivity index (χ2n) is 5.20. The van der Waals surface area contributed by atoms with Crippen LogP contribution in [0.1, 0.15) is 18.4 Å². The molecule has 1 aromatic carbocycles.